The van der Waals surface area contributed by atoms with Crippen molar-refractivity contribution < 1.29 is 4.39 Å². The number of hydrogen-bond donors (Lipinski definition) is 0. The minimum atomic E-state index is -0.163. The number of piperidine rings is 1. The smallest absolute Gasteiger partial charge is 0.123 e. The van der Waals surface area contributed by atoms with Crippen LogP contribution in [0.2, 0.25) is 0 Å². The highest BCUT2D eigenvalue weighted by molar-refractivity contribution is 6.20. The molecule has 17 heavy (non-hydrogen) atoms. The largest absolute Gasteiger partial charge is 0.299 e. The van der Waals surface area contributed by atoms with Crippen LogP contribution in [0.4, 0.5) is 4.39 Å². The molecule has 1 aromatic rings. The normalized spacial score (nSPS) is 20.4. The molecule has 1 unspecified atom stereocenters. The molecule has 94 valence electrons. The lowest BCUT2D eigenvalue weighted by Gasteiger charge is -2.33. The third-order valence-electron chi connectivity index (χ3n) is 3.60. The zero-order valence-electron chi connectivity index (χ0n) is 10.2. The van der Waals surface area contributed by atoms with Crippen molar-refractivity contribution in [2.75, 3.05) is 13.1 Å². The van der Waals surface area contributed by atoms with E-state index >= 15 is 0 Å². The number of halogens is 2. The maximum atomic E-state index is 12.8. The van der Waals surface area contributed by atoms with Crippen molar-refractivity contribution in [1.82, 2.24) is 4.90 Å². The van der Waals surface area contributed by atoms with Crippen LogP contribution in [0.3, 0.4) is 0 Å². The van der Waals surface area contributed by atoms with Gasteiger partial charge in [-0.3, -0.25) is 4.90 Å². The summed E-state index contributed by atoms with van der Waals surface area (Å²) in [5, 5.41) is 0.281. The summed E-state index contributed by atoms with van der Waals surface area (Å²) in [5.74, 6) is 0.490. The van der Waals surface area contributed by atoms with Crippen LogP contribution in [0.1, 0.15) is 25.3 Å². The molecule has 1 fully saturated rings. The van der Waals surface area contributed by atoms with Crippen molar-refractivity contribution in [3.05, 3.63) is 35.6 Å². The lowest BCUT2D eigenvalue weighted by molar-refractivity contribution is 0.176. The van der Waals surface area contributed by atoms with Gasteiger partial charge >= 0.3 is 0 Å². The zero-order valence-corrected chi connectivity index (χ0v) is 11.0. The van der Waals surface area contributed by atoms with Gasteiger partial charge in [0.15, 0.2) is 0 Å². The van der Waals surface area contributed by atoms with Gasteiger partial charge in [-0.05, 0) is 56.5 Å². The first kappa shape index (κ1) is 12.8. The van der Waals surface area contributed by atoms with E-state index in [0.717, 1.165) is 19.6 Å². The van der Waals surface area contributed by atoms with Crippen LogP contribution in [-0.2, 0) is 6.54 Å². The Morgan fingerprint density at radius 3 is 2.41 bits per heavy atom. The van der Waals surface area contributed by atoms with Crippen LogP contribution in [0.25, 0.3) is 0 Å². The predicted molar refractivity (Wildman–Crippen MR) is 69.7 cm³/mol. The fraction of sp³-hybridized carbons (Fsp3) is 0.571. The highest BCUT2D eigenvalue weighted by atomic mass is 35.5. The monoisotopic (exact) mass is 255 g/mol. The van der Waals surface area contributed by atoms with Gasteiger partial charge in [0.1, 0.15) is 5.82 Å². The molecule has 1 aliphatic heterocycles. The fourth-order valence-corrected chi connectivity index (χ4v) is 2.67. The molecular formula is C14H19ClFN. The molecule has 1 aliphatic rings. The molecule has 1 aromatic carbocycles. The van der Waals surface area contributed by atoms with E-state index in [1.807, 2.05) is 12.1 Å². The lowest BCUT2D eigenvalue weighted by Crippen LogP contribution is -2.35. The Morgan fingerprint density at radius 1 is 1.29 bits per heavy atom. The van der Waals surface area contributed by atoms with E-state index in [1.54, 1.807) is 0 Å². The van der Waals surface area contributed by atoms with Gasteiger partial charge in [-0.1, -0.05) is 12.1 Å². The molecule has 0 saturated carbocycles. The third kappa shape index (κ3) is 3.68. The molecule has 1 atom stereocenters. The van der Waals surface area contributed by atoms with Gasteiger partial charge in [0.25, 0.3) is 0 Å². The van der Waals surface area contributed by atoms with Gasteiger partial charge in [-0.15, -0.1) is 11.6 Å². The third-order valence-corrected chi connectivity index (χ3v) is 3.96. The van der Waals surface area contributed by atoms with E-state index < -0.39 is 0 Å². The van der Waals surface area contributed by atoms with Crippen LogP contribution in [0, 0.1) is 11.7 Å². The quantitative estimate of drug-likeness (QED) is 0.745. The summed E-state index contributed by atoms with van der Waals surface area (Å²) in [4.78, 5) is 2.42. The van der Waals surface area contributed by atoms with Gasteiger partial charge in [-0.2, -0.15) is 0 Å². The second kappa shape index (κ2) is 5.83. The molecule has 0 radical (unpaired) electrons. The minimum Gasteiger partial charge on any atom is -0.299 e. The van der Waals surface area contributed by atoms with E-state index in [-0.39, 0.29) is 11.2 Å². The Morgan fingerprint density at radius 2 is 1.88 bits per heavy atom. The van der Waals surface area contributed by atoms with Gasteiger partial charge in [-0.25, -0.2) is 4.39 Å². The molecule has 0 aliphatic carbocycles. The standard InChI is InChI=1S/C14H19ClFN/c1-11(15)13-6-8-17(9-7-13)10-12-2-4-14(16)5-3-12/h2-5,11,13H,6-10H2,1H3. The van der Waals surface area contributed by atoms with E-state index in [2.05, 4.69) is 11.8 Å². The van der Waals surface area contributed by atoms with Crippen molar-refractivity contribution in [2.45, 2.75) is 31.7 Å². The van der Waals surface area contributed by atoms with Crippen LogP contribution in [0.5, 0.6) is 0 Å². The molecule has 0 bridgehead atoms. The maximum Gasteiger partial charge on any atom is 0.123 e. The number of benzene rings is 1. The Labute approximate surface area is 108 Å². The number of likely N-dealkylation sites (tertiary alicyclic amines) is 1. The molecule has 1 saturated heterocycles. The Balaban J connectivity index is 1.84. The SMILES string of the molecule is CC(Cl)C1CCN(Cc2ccc(F)cc2)CC1. The van der Waals surface area contributed by atoms with Crippen molar-refractivity contribution in [2.24, 2.45) is 5.92 Å². The highest BCUT2D eigenvalue weighted by Gasteiger charge is 2.22. The average molecular weight is 256 g/mol. The zero-order chi connectivity index (χ0) is 12.3. The van der Waals surface area contributed by atoms with Crippen molar-refractivity contribution in [1.29, 1.82) is 0 Å². The summed E-state index contributed by atoms with van der Waals surface area (Å²) in [6.07, 6.45) is 2.34. The number of rotatable bonds is 3. The van der Waals surface area contributed by atoms with Crippen molar-refractivity contribution in [3.8, 4) is 0 Å². The first-order valence-electron chi connectivity index (χ1n) is 6.26. The van der Waals surface area contributed by atoms with E-state index in [1.165, 1.54) is 30.5 Å². The minimum absolute atomic E-state index is 0.163. The summed E-state index contributed by atoms with van der Waals surface area (Å²) in [7, 11) is 0. The molecule has 2 rings (SSSR count). The van der Waals surface area contributed by atoms with Crippen LogP contribution >= 0.6 is 11.6 Å². The molecule has 0 aromatic heterocycles. The van der Waals surface area contributed by atoms with Gasteiger partial charge in [0, 0.05) is 11.9 Å². The van der Waals surface area contributed by atoms with Crippen molar-refractivity contribution >= 4 is 11.6 Å². The Hall–Kier alpha value is -0.600. The molecule has 1 heterocycles. The number of alkyl halides is 1. The second-order valence-electron chi connectivity index (χ2n) is 4.92. The lowest BCUT2D eigenvalue weighted by atomic mass is 9.94. The van der Waals surface area contributed by atoms with Crippen LogP contribution in [0.15, 0.2) is 24.3 Å². The molecule has 0 N–H and O–H groups in total. The van der Waals surface area contributed by atoms with E-state index in [0.29, 0.717) is 5.92 Å². The maximum absolute atomic E-state index is 12.8. The Kier molecular flexibility index (Phi) is 4.41. The second-order valence-corrected chi connectivity index (χ2v) is 5.61. The number of hydrogen-bond acceptors (Lipinski definition) is 1. The first-order valence-corrected chi connectivity index (χ1v) is 6.69. The van der Waals surface area contributed by atoms with Gasteiger partial charge in [0.05, 0.1) is 0 Å². The fourth-order valence-electron chi connectivity index (χ4n) is 2.42. The summed E-state index contributed by atoms with van der Waals surface area (Å²) >= 11 is 6.12. The molecule has 3 heteroatoms. The first-order chi connectivity index (χ1) is 8.15. The average Bonchev–Trinajstić information content (AvgIpc) is 2.33. The predicted octanol–water partition coefficient (Wildman–Crippen LogP) is 3.67. The van der Waals surface area contributed by atoms with Gasteiger partial charge < -0.3 is 0 Å². The van der Waals surface area contributed by atoms with E-state index in [9.17, 15) is 4.39 Å². The summed E-state index contributed by atoms with van der Waals surface area (Å²) < 4.78 is 12.8. The molecular weight excluding hydrogens is 237 g/mol. The molecule has 0 amide bonds. The summed E-state index contributed by atoms with van der Waals surface area (Å²) in [5.41, 5.74) is 1.18. The highest BCUT2D eigenvalue weighted by Crippen LogP contribution is 2.24. The Bertz CT molecular complexity index is 342. The van der Waals surface area contributed by atoms with Crippen molar-refractivity contribution in [3.63, 3.8) is 0 Å². The summed E-state index contributed by atoms with van der Waals surface area (Å²) in [6.45, 7) is 5.20. The summed E-state index contributed by atoms with van der Waals surface area (Å²) in [6, 6.07) is 6.79. The molecule has 1 nitrogen and oxygen atoms in total. The molecule has 0 spiro atoms. The van der Waals surface area contributed by atoms with E-state index in [4.69, 9.17) is 11.6 Å². The van der Waals surface area contributed by atoms with Crippen LogP contribution < -0.4 is 0 Å². The van der Waals surface area contributed by atoms with Gasteiger partial charge in [0.2, 0.25) is 0 Å². The van der Waals surface area contributed by atoms with Crippen LogP contribution in [-0.4, -0.2) is 23.4 Å². The topological polar surface area (TPSA) is 3.24 Å². The number of nitrogens with zero attached hydrogens (tertiary/aromatic N) is 1.